The highest BCUT2D eigenvalue weighted by Gasteiger charge is 2.51. The highest BCUT2D eigenvalue weighted by Crippen LogP contribution is 2.48. The van der Waals surface area contributed by atoms with Crippen molar-refractivity contribution in [2.45, 2.75) is 19.3 Å². The van der Waals surface area contributed by atoms with Crippen LogP contribution in [0, 0.1) is 11.2 Å². The summed E-state index contributed by atoms with van der Waals surface area (Å²) >= 11 is 0. The molecule has 1 aromatic rings. The molecule has 1 aliphatic heterocycles. The van der Waals surface area contributed by atoms with Crippen LogP contribution in [0.2, 0.25) is 0 Å². The van der Waals surface area contributed by atoms with Crippen LogP contribution >= 0.6 is 0 Å². The Morgan fingerprint density at radius 2 is 1.85 bits per heavy atom. The van der Waals surface area contributed by atoms with Crippen LogP contribution in [0.15, 0.2) is 12.1 Å². The van der Waals surface area contributed by atoms with Crippen LogP contribution in [0.5, 0.6) is 0 Å². The number of rotatable bonds is 5. The molecule has 0 radical (unpaired) electrons. The zero-order valence-corrected chi connectivity index (χ0v) is 15.3. The molecule has 2 fully saturated rings. The Morgan fingerprint density at radius 1 is 1.23 bits per heavy atom. The van der Waals surface area contributed by atoms with E-state index in [4.69, 9.17) is 5.11 Å². The van der Waals surface area contributed by atoms with Crippen molar-refractivity contribution < 1.29 is 27.5 Å². The zero-order valence-electron chi connectivity index (χ0n) is 14.5. The first-order valence-corrected chi connectivity index (χ1v) is 9.55. The van der Waals surface area contributed by atoms with Gasteiger partial charge in [-0.15, -0.1) is 0 Å². The van der Waals surface area contributed by atoms with Gasteiger partial charge in [-0.3, -0.25) is 4.79 Å². The molecule has 0 bridgehead atoms. The van der Waals surface area contributed by atoms with Gasteiger partial charge in [0.25, 0.3) is 5.91 Å². The molecule has 1 spiro atoms. The standard InChI is InChI=1S/C16H20FN3O5S/c1-19(2)13-7-10(15(22)23)12(17)6-11(13)14(21)18-26(24,25)20-8-16(9-20)4-3-5-16/h6-7H,3-5,8-9H2,1-2H3,(H,18,21)(H,22,23). The fourth-order valence-corrected chi connectivity index (χ4v) is 4.74. The average molecular weight is 385 g/mol. The lowest BCUT2D eigenvalue weighted by molar-refractivity contribution is -0.00859. The van der Waals surface area contributed by atoms with Gasteiger partial charge in [0.05, 0.1) is 16.8 Å². The Labute approximate surface area is 150 Å². The minimum Gasteiger partial charge on any atom is -0.478 e. The maximum absolute atomic E-state index is 14.0. The second-order valence-corrected chi connectivity index (χ2v) is 8.78. The van der Waals surface area contributed by atoms with Gasteiger partial charge in [-0.05, 0) is 30.4 Å². The molecule has 0 aromatic heterocycles. The number of hydrogen-bond acceptors (Lipinski definition) is 5. The molecule has 8 nitrogen and oxygen atoms in total. The van der Waals surface area contributed by atoms with Crippen LogP contribution in [0.25, 0.3) is 0 Å². The van der Waals surface area contributed by atoms with E-state index >= 15 is 0 Å². The lowest BCUT2D eigenvalue weighted by atomic mass is 9.65. The number of carboxylic acid groups (broad SMARTS) is 1. The molecule has 142 valence electrons. The molecule has 1 amide bonds. The topological polar surface area (TPSA) is 107 Å². The third-order valence-electron chi connectivity index (χ3n) is 5.04. The van der Waals surface area contributed by atoms with E-state index in [0.717, 1.165) is 31.4 Å². The predicted octanol–water partition coefficient (Wildman–Crippen LogP) is 1.05. The van der Waals surface area contributed by atoms with Crippen LogP contribution in [0.3, 0.4) is 0 Å². The molecule has 2 N–H and O–H groups in total. The van der Waals surface area contributed by atoms with Crippen molar-refractivity contribution in [1.29, 1.82) is 0 Å². The van der Waals surface area contributed by atoms with E-state index in [1.54, 1.807) is 14.1 Å². The first kappa shape index (κ1) is 18.6. The Morgan fingerprint density at radius 3 is 2.31 bits per heavy atom. The van der Waals surface area contributed by atoms with Crippen molar-refractivity contribution in [2.75, 3.05) is 32.1 Å². The second kappa shape index (κ2) is 6.20. The molecule has 10 heteroatoms. The van der Waals surface area contributed by atoms with Gasteiger partial charge in [0.15, 0.2) is 0 Å². The maximum Gasteiger partial charge on any atom is 0.338 e. The predicted molar refractivity (Wildman–Crippen MR) is 91.9 cm³/mol. The van der Waals surface area contributed by atoms with Crippen molar-refractivity contribution >= 4 is 27.8 Å². The van der Waals surface area contributed by atoms with E-state index in [9.17, 15) is 22.4 Å². The quantitative estimate of drug-likeness (QED) is 0.785. The molecule has 3 rings (SSSR count). The van der Waals surface area contributed by atoms with E-state index in [1.165, 1.54) is 9.21 Å². The number of anilines is 1. The summed E-state index contributed by atoms with van der Waals surface area (Å²) in [5, 5.41) is 9.02. The summed E-state index contributed by atoms with van der Waals surface area (Å²) in [7, 11) is -0.940. The number of carboxylic acids is 1. The SMILES string of the molecule is CN(C)c1cc(C(=O)O)c(F)cc1C(=O)NS(=O)(=O)N1CC2(CCC2)C1. The Hall–Kier alpha value is -2.20. The summed E-state index contributed by atoms with van der Waals surface area (Å²) in [6, 6.07) is 1.75. The van der Waals surface area contributed by atoms with Gasteiger partial charge in [0.1, 0.15) is 5.82 Å². The van der Waals surface area contributed by atoms with Crippen LogP contribution < -0.4 is 9.62 Å². The summed E-state index contributed by atoms with van der Waals surface area (Å²) < 4.78 is 41.9. The molecule has 2 aliphatic rings. The smallest absolute Gasteiger partial charge is 0.338 e. The maximum atomic E-state index is 14.0. The molecule has 1 saturated heterocycles. The third-order valence-corrected chi connectivity index (χ3v) is 6.42. The number of aromatic carboxylic acids is 1. The van der Waals surface area contributed by atoms with E-state index in [1.807, 2.05) is 4.72 Å². The molecule has 0 atom stereocenters. The molecule has 1 saturated carbocycles. The van der Waals surface area contributed by atoms with E-state index < -0.39 is 33.5 Å². The second-order valence-electron chi connectivity index (χ2n) is 7.11. The normalized spacial score (nSPS) is 18.7. The molecule has 0 unspecified atom stereocenters. The summed E-state index contributed by atoms with van der Waals surface area (Å²) in [4.78, 5) is 24.9. The Kier molecular flexibility index (Phi) is 4.43. The van der Waals surface area contributed by atoms with Crippen molar-refractivity contribution in [1.82, 2.24) is 9.03 Å². The van der Waals surface area contributed by atoms with E-state index in [2.05, 4.69) is 0 Å². The number of halogens is 1. The molecule has 1 heterocycles. The molecule has 1 aliphatic carbocycles. The molecule has 1 aromatic carbocycles. The number of carbonyl (C=O) groups excluding carboxylic acids is 1. The summed E-state index contributed by atoms with van der Waals surface area (Å²) in [5.74, 6) is -3.58. The number of amides is 1. The van der Waals surface area contributed by atoms with Gasteiger partial charge in [0, 0.05) is 27.2 Å². The number of nitrogens with one attached hydrogen (secondary N) is 1. The fraction of sp³-hybridized carbons (Fsp3) is 0.500. The van der Waals surface area contributed by atoms with Crippen molar-refractivity contribution in [3.63, 3.8) is 0 Å². The summed E-state index contributed by atoms with van der Waals surface area (Å²) in [6.07, 6.45) is 3.06. The van der Waals surface area contributed by atoms with Gasteiger partial charge in [-0.25, -0.2) is 13.9 Å². The molecular formula is C16H20FN3O5S. The first-order valence-electron chi connectivity index (χ1n) is 8.11. The van der Waals surface area contributed by atoms with Gasteiger partial charge in [0.2, 0.25) is 0 Å². The number of carbonyl (C=O) groups is 2. The number of hydrogen-bond donors (Lipinski definition) is 2. The minimum absolute atomic E-state index is 0.0574. The monoisotopic (exact) mass is 385 g/mol. The van der Waals surface area contributed by atoms with Crippen molar-refractivity contribution in [3.8, 4) is 0 Å². The van der Waals surface area contributed by atoms with E-state index in [0.29, 0.717) is 13.1 Å². The minimum atomic E-state index is -4.02. The number of nitrogens with zero attached hydrogens (tertiary/aromatic N) is 2. The lowest BCUT2D eigenvalue weighted by Crippen LogP contribution is -2.63. The van der Waals surface area contributed by atoms with Gasteiger partial charge in [-0.1, -0.05) is 6.42 Å². The Bertz CT molecular complexity index is 872. The first-order chi connectivity index (χ1) is 12.0. The van der Waals surface area contributed by atoms with Crippen molar-refractivity contribution in [3.05, 3.63) is 29.1 Å². The third kappa shape index (κ3) is 3.14. The molecule has 26 heavy (non-hydrogen) atoms. The van der Waals surface area contributed by atoms with Gasteiger partial charge >= 0.3 is 16.2 Å². The van der Waals surface area contributed by atoms with Crippen LogP contribution in [0.4, 0.5) is 10.1 Å². The lowest BCUT2D eigenvalue weighted by Gasteiger charge is -2.54. The highest BCUT2D eigenvalue weighted by atomic mass is 32.2. The summed E-state index contributed by atoms with van der Waals surface area (Å²) in [6.45, 7) is 0.755. The van der Waals surface area contributed by atoms with Crippen LogP contribution in [-0.2, 0) is 10.2 Å². The largest absolute Gasteiger partial charge is 0.478 e. The highest BCUT2D eigenvalue weighted by molar-refractivity contribution is 7.87. The van der Waals surface area contributed by atoms with E-state index in [-0.39, 0.29) is 16.7 Å². The van der Waals surface area contributed by atoms with Gasteiger partial charge < -0.3 is 10.0 Å². The van der Waals surface area contributed by atoms with Gasteiger partial charge in [-0.2, -0.15) is 12.7 Å². The zero-order chi connectivity index (χ0) is 19.3. The Balaban J connectivity index is 1.83. The van der Waals surface area contributed by atoms with Crippen molar-refractivity contribution in [2.24, 2.45) is 5.41 Å². The fourth-order valence-electron chi connectivity index (χ4n) is 3.38. The number of benzene rings is 1. The summed E-state index contributed by atoms with van der Waals surface area (Å²) in [5.41, 5.74) is -0.680. The average Bonchev–Trinajstić information content (AvgIpc) is 2.42. The molecular weight excluding hydrogens is 365 g/mol. The van der Waals surface area contributed by atoms with Crippen LogP contribution in [0.1, 0.15) is 40.0 Å². The van der Waals surface area contributed by atoms with Crippen LogP contribution in [-0.4, -0.2) is 56.9 Å².